The van der Waals surface area contributed by atoms with Crippen molar-refractivity contribution in [1.82, 2.24) is 0 Å². The number of esters is 1. The maximum absolute atomic E-state index is 12.6. The second kappa shape index (κ2) is 5.15. The molecular weight excluding hydrogens is 354 g/mol. The number of hydrogen-bond donors (Lipinski definition) is 0. The molecule has 2 rings (SSSR count). The van der Waals surface area contributed by atoms with E-state index in [2.05, 4.69) is 15.9 Å². The van der Waals surface area contributed by atoms with Crippen molar-refractivity contribution in [3.8, 4) is 0 Å². The van der Waals surface area contributed by atoms with Crippen molar-refractivity contribution >= 4 is 33.9 Å². The molecule has 1 saturated carbocycles. The van der Waals surface area contributed by atoms with Gasteiger partial charge in [0.05, 0.1) is 4.92 Å². The van der Waals surface area contributed by atoms with E-state index >= 15 is 0 Å². The predicted molar refractivity (Wildman–Crippen MR) is 83.0 cm³/mol. The second-order valence-corrected chi connectivity index (χ2v) is 7.78. The third-order valence-corrected chi connectivity index (χ3v) is 4.76. The Bertz CT molecular complexity index is 636. The van der Waals surface area contributed by atoms with Crippen molar-refractivity contribution in [2.45, 2.75) is 42.5 Å². The van der Waals surface area contributed by atoms with E-state index in [-0.39, 0.29) is 12.1 Å². The van der Waals surface area contributed by atoms with E-state index in [1.807, 2.05) is 0 Å². The molecule has 0 saturated heterocycles. The molecule has 1 aromatic rings. The number of carbonyl (C=O) groups is 2. The first kappa shape index (κ1) is 16.6. The van der Waals surface area contributed by atoms with Gasteiger partial charge in [-0.2, -0.15) is 0 Å². The van der Waals surface area contributed by atoms with Gasteiger partial charge in [0.2, 0.25) is 0 Å². The normalized spacial score (nSPS) is 27.1. The fraction of sp³-hybridized carbons (Fsp3) is 0.467. The Labute approximate surface area is 136 Å². The highest BCUT2D eigenvalue weighted by Gasteiger charge is 2.73. The van der Waals surface area contributed by atoms with Crippen LogP contribution in [-0.2, 0) is 19.7 Å². The maximum Gasteiger partial charge on any atom is 0.319 e. The van der Waals surface area contributed by atoms with Crippen LogP contribution in [0.5, 0.6) is 0 Å². The Kier molecular flexibility index (Phi) is 3.89. The number of aldehydes is 1. The fourth-order valence-electron chi connectivity index (χ4n) is 2.42. The lowest BCUT2D eigenvalue weighted by Crippen LogP contribution is -2.36. The molecule has 1 fully saturated rings. The molecule has 0 radical (unpaired) electrons. The summed E-state index contributed by atoms with van der Waals surface area (Å²) >= 11 is 3.30. The number of halogens is 1. The van der Waals surface area contributed by atoms with Gasteiger partial charge in [-0.1, -0.05) is 28.1 Å². The van der Waals surface area contributed by atoms with Crippen molar-refractivity contribution in [2.75, 3.05) is 0 Å². The fourth-order valence-corrected chi connectivity index (χ4v) is 3.23. The van der Waals surface area contributed by atoms with E-state index in [0.717, 1.165) is 0 Å². The van der Waals surface area contributed by atoms with Gasteiger partial charge < -0.3 is 9.53 Å². The summed E-state index contributed by atoms with van der Waals surface area (Å²) in [5.41, 5.74) is -1.38. The van der Waals surface area contributed by atoms with Gasteiger partial charge in [-0.05, 0) is 32.8 Å². The standard InChI is InChI=1S/C15H16BrNO5/c1-13(2,3)22-12(19)15(8-14(15,16)9-18)10-4-6-11(7-5-10)17(20)21/h4-7,9H,8H2,1-3H3/t14-,15-/m0/s1. The lowest BCUT2D eigenvalue weighted by atomic mass is 9.93. The topological polar surface area (TPSA) is 86.5 Å². The number of nitrogens with zero attached hydrogens (tertiary/aromatic N) is 1. The quantitative estimate of drug-likeness (QED) is 0.267. The van der Waals surface area contributed by atoms with Gasteiger partial charge in [0.1, 0.15) is 21.6 Å². The van der Waals surface area contributed by atoms with Crippen LogP contribution in [0.1, 0.15) is 32.8 Å². The van der Waals surface area contributed by atoms with E-state index in [1.165, 1.54) is 24.3 Å². The average molecular weight is 370 g/mol. The van der Waals surface area contributed by atoms with Crippen molar-refractivity contribution < 1.29 is 19.2 Å². The minimum absolute atomic E-state index is 0.0741. The molecule has 0 heterocycles. The molecule has 1 aliphatic rings. The van der Waals surface area contributed by atoms with Crippen LogP contribution in [0, 0.1) is 10.1 Å². The number of benzene rings is 1. The van der Waals surface area contributed by atoms with Crippen molar-refractivity contribution in [2.24, 2.45) is 0 Å². The van der Waals surface area contributed by atoms with Crippen LogP contribution in [0.25, 0.3) is 0 Å². The molecule has 0 amide bonds. The van der Waals surface area contributed by atoms with Crippen LogP contribution in [0.15, 0.2) is 24.3 Å². The van der Waals surface area contributed by atoms with Gasteiger partial charge in [-0.3, -0.25) is 14.9 Å². The highest BCUT2D eigenvalue weighted by Crippen LogP contribution is 2.63. The van der Waals surface area contributed by atoms with Crippen molar-refractivity contribution in [3.05, 3.63) is 39.9 Å². The molecular formula is C15H16BrNO5. The third kappa shape index (κ3) is 2.65. The van der Waals surface area contributed by atoms with E-state index in [1.54, 1.807) is 20.8 Å². The first-order valence-electron chi connectivity index (χ1n) is 6.69. The van der Waals surface area contributed by atoms with Gasteiger partial charge in [0.25, 0.3) is 5.69 Å². The maximum atomic E-state index is 12.6. The summed E-state index contributed by atoms with van der Waals surface area (Å²) in [7, 11) is 0. The summed E-state index contributed by atoms with van der Waals surface area (Å²) in [6, 6.07) is 5.62. The number of hydrogen-bond acceptors (Lipinski definition) is 5. The molecule has 118 valence electrons. The van der Waals surface area contributed by atoms with Crippen LogP contribution in [0.3, 0.4) is 0 Å². The summed E-state index contributed by atoms with van der Waals surface area (Å²) in [6.45, 7) is 5.23. The van der Waals surface area contributed by atoms with Crippen LogP contribution in [-0.4, -0.2) is 27.1 Å². The first-order valence-corrected chi connectivity index (χ1v) is 7.49. The summed E-state index contributed by atoms with van der Waals surface area (Å²) in [5, 5.41) is 10.7. The molecule has 0 bridgehead atoms. The summed E-state index contributed by atoms with van der Waals surface area (Å²) < 4.78 is 4.40. The number of non-ortho nitro benzene ring substituents is 1. The van der Waals surface area contributed by atoms with Gasteiger partial charge >= 0.3 is 5.97 Å². The molecule has 2 atom stereocenters. The molecule has 22 heavy (non-hydrogen) atoms. The SMILES string of the molecule is CC(C)(C)OC(=O)[C@@]1(c2ccc([N+](=O)[O-])cc2)C[C@]1(Br)C=O. The minimum atomic E-state index is -1.14. The van der Waals surface area contributed by atoms with E-state index in [0.29, 0.717) is 11.8 Å². The predicted octanol–water partition coefficient (Wildman–Crippen LogP) is 2.91. The summed E-state index contributed by atoms with van der Waals surface area (Å²) in [4.78, 5) is 34.2. The number of alkyl halides is 1. The zero-order valence-electron chi connectivity index (χ0n) is 12.5. The molecule has 6 nitrogen and oxygen atoms in total. The summed E-state index contributed by atoms with van der Waals surface area (Å²) in [6.07, 6.45) is 0.939. The lowest BCUT2D eigenvalue weighted by molar-refractivity contribution is -0.384. The van der Waals surface area contributed by atoms with E-state index in [9.17, 15) is 19.7 Å². The second-order valence-electron chi connectivity index (χ2n) is 6.37. The van der Waals surface area contributed by atoms with Crippen LogP contribution in [0.2, 0.25) is 0 Å². The Balaban J connectivity index is 2.42. The molecule has 0 unspecified atom stereocenters. The first-order chi connectivity index (χ1) is 10.1. The zero-order valence-corrected chi connectivity index (χ0v) is 14.0. The summed E-state index contributed by atoms with van der Waals surface area (Å²) in [5.74, 6) is -0.516. The zero-order chi connectivity index (χ0) is 16.8. The van der Waals surface area contributed by atoms with E-state index < -0.39 is 26.2 Å². The smallest absolute Gasteiger partial charge is 0.319 e. The van der Waals surface area contributed by atoms with Crippen LogP contribution < -0.4 is 0 Å². The minimum Gasteiger partial charge on any atom is -0.459 e. The van der Waals surface area contributed by atoms with Crippen LogP contribution >= 0.6 is 15.9 Å². The Morgan fingerprint density at radius 2 is 1.91 bits per heavy atom. The number of nitro groups is 1. The molecule has 0 aliphatic heterocycles. The molecule has 0 aromatic heterocycles. The van der Waals surface area contributed by atoms with E-state index in [4.69, 9.17) is 4.74 Å². The van der Waals surface area contributed by atoms with Crippen molar-refractivity contribution in [1.29, 1.82) is 0 Å². The Morgan fingerprint density at radius 3 is 2.27 bits per heavy atom. The van der Waals surface area contributed by atoms with Crippen molar-refractivity contribution in [3.63, 3.8) is 0 Å². The molecule has 0 N–H and O–H groups in total. The van der Waals surface area contributed by atoms with Gasteiger partial charge in [0.15, 0.2) is 0 Å². The van der Waals surface area contributed by atoms with Gasteiger partial charge in [0, 0.05) is 12.1 Å². The molecule has 0 spiro atoms. The number of nitro benzene ring substituents is 1. The number of carbonyl (C=O) groups excluding carboxylic acids is 2. The van der Waals surface area contributed by atoms with Gasteiger partial charge in [-0.25, -0.2) is 0 Å². The highest BCUT2D eigenvalue weighted by molar-refractivity contribution is 9.10. The Hall–Kier alpha value is -1.76. The Morgan fingerprint density at radius 1 is 1.36 bits per heavy atom. The van der Waals surface area contributed by atoms with Gasteiger partial charge in [-0.15, -0.1) is 0 Å². The lowest BCUT2D eigenvalue weighted by Gasteiger charge is -2.25. The third-order valence-electron chi connectivity index (χ3n) is 3.61. The highest BCUT2D eigenvalue weighted by atomic mass is 79.9. The number of rotatable bonds is 4. The molecule has 1 aromatic carbocycles. The monoisotopic (exact) mass is 369 g/mol. The molecule has 7 heteroatoms. The molecule has 1 aliphatic carbocycles. The number of ether oxygens (including phenoxy) is 1. The van der Waals surface area contributed by atoms with Crippen LogP contribution in [0.4, 0.5) is 5.69 Å². The largest absolute Gasteiger partial charge is 0.459 e. The average Bonchev–Trinajstić information content (AvgIpc) is 3.06.